The average Bonchev–Trinajstić information content (AvgIpc) is 2.47. The van der Waals surface area contributed by atoms with Crippen LogP contribution in [0.25, 0.3) is 11.1 Å². The highest BCUT2D eigenvalue weighted by atomic mass is 16.5. The first-order chi connectivity index (χ1) is 9.58. The third-order valence-corrected chi connectivity index (χ3v) is 3.31. The molecule has 0 fully saturated rings. The van der Waals surface area contributed by atoms with Crippen molar-refractivity contribution in [1.29, 1.82) is 0 Å². The third kappa shape index (κ3) is 2.53. The fraction of sp³-hybridized carbons (Fsp3) is 0.267. The average molecular weight is 274 g/mol. The summed E-state index contributed by atoms with van der Waals surface area (Å²) in [6.07, 6.45) is 0. The van der Waals surface area contributed by atoms with Gasteiger partial charge in [-0.05, 0) is 30.7 Å². The molecule has 0 amide bonds. The minimum atomic E-state index is -0.270. The summed E-state index contributed by atoms with van der Waals surface area (Å²) in [5, 5.41) is 9.07. The van der Waals surface area contributed by atoms with Gasteiger partial charge in [-0.1, -0.05) is 12.1 Å². The number of ether oxygens (including phenoxy) is 1. The Balaban J connectivity index is 2.58. The minimum Gasteiger partial charge on any atom is -0.497 e. The summed E-state index contributed by atoms with van der Waals surface area (Å²) in [5.74, 6) is 0.767. The molecule has 0 atom stereocenters. The lowest BCUT2D eigenvalue weighted by Crippen LogP contribution is -2.26. The maximum atomic E-state index is 12.0. The van der Waals surface area contributed by atoms with Crippen molar-refractivity contribution in [3.63, 3.8) is 0 Å². The Hall–Kier alpha value is -2.27. The van der Waals surface area contributed by atoms with Crippen LogP contribution in [0.1, 0.15) is 5.69 Å². The van der Waals surface area contributed by atoms with Crippen molar-refractivity contribution in [2.75, 3.05) is 19.5 Å². The zero-order valence-electron chi connectivity index (χ0n) is 11.6. The van der Waals surface area contributed by atoms with E-state index in [0.29, 0.717) is 0 Å². The molecule has 0 unspecified atom stereocenters. The standard InChI is InChI=1S/C15H18N2O3/c1-10-13(11-3-5-12(20-2)6-4-11)9-14(16)15(19)17(10)7-8-18/h3-6,9,18H,7-8,16H2,1-2H3. The van der Waals surface area contributed by atoms with Crippen molar-refractivity contribution in [2.24, 2.45) is 0 Å². The lowest BCUT2D eigenvalue weighted by molar-refractivity contribution is 0.273. The summed E-state index contributed by atoms with van der Waals surface area (Å²) in [6.45, 7) is 1.97. The summed E-state index contributed by atoms with van der Waals surface area (Å²) in [4.78, 5) is 12.0. The molecule has 0 aliphatic heterocycles. The predicted octanol–water partition coefficient (Wildman–Crippen LogP) is 1.41. The van der Waals surface area contributed by atoms with E-state index in [4.69, 9.17) is 15.6 Å². The lowest BCUT2D eigenvalue weighted by atomic mass is 10.0. The van der Waals surface area contributed by atoms with E-state index in [1.165, 1.54) is 4.57 Å². The van der Waals surface area contributed by atoms with Gasteiger partial charge < -0.3 is 20.1 Å². The number of nitrogens with zero attached hydrogens (tertiary/aromatic N) is 1. The van der Waals surface area contributed by atoms with Crippen molar-refractivity contribution >= 4 is 5.69 Å². The van der Waals surface area contributed by atoms with Crippen LogP contribution < -0.4 is 16.0 Å². The van der Waals surface area contributed by atoms with Gasteiger partial charge in [-0.2, -0.15) is 0 Å². The van der Waals surface area contributed by atoms with Crippen molar-refractivity contribution in [1.82, 2.24) is 4.57 Å². The highest BCUT2D eigenvalue weighted by molar-refractivity contribution is 5.69. The van der Waals surface area contributed by atoms with Gasteiger partial charge in [0, 0.05) is 17.8 Å². The molecule has 2 rings (SSSR count). The van der Waals surface area contributed by atoms with Crippen molar-refractivity contribution in [2.45, 2.75) is 13.5 Å². The molecule has 0 aliphatic rings. The number of aliphatic hydroxyl groups is 1. The van der Waals surface area contributed by atoms with Crippen LogP contribution in [0.5, 0.6) is 5.75 Å². The number of aromatic nitrogens is 1. The van der Waals surface area contributed by atoms with Gasteiger partial charge in [0.15, 0.2) is 0 Å². The molecule has 1 heterocycles. The van der Waals surface area contributed by atoms with Gasteiger partial charge >= 0.3 is 0 Å². The van der Waals surface area contributed by atoms with Gasteiger partial charge in [-0.3, -0.25) is 4.79 Å². The van der Waals surface area contributed by atoms with E-state index in [9.17, 15) is 4.79 Å². The van der Waals surface area contributed by atoms with Crippen LogP contribution in [0.4, 0.5) is 5.69 Å². The molecule has 3 N–H and O–H groups in total. The second-order valence-corrected chi connectivity index (χ2v) is 4.51. The molecule has 0 bridgehead atoms. The first-order valence-electron chi connectivity index (χ1n) is 6.33. The second kappa shape index (κ2) is 5.79. The van der Waals surface area contributed by atoms with E-state index in [2.05, 4.69) is 0 Å². The Morgan fingerprint density at radius 2 is 1.95 bits per heavy atom. The fourth-order valence-electron chi connectivity index (χ4n) is 2.21. The van der Waals surface area contributed by atoms with Gasteiger partial charge in [-0.15, -0.1) is 0 Å². The maximum absolute atomic E-state index is 12.0. The molecule has 1 aromatic heterocycles. The molecule has 0 aliphatic carbocycles. The van der Waals surface area contributed by atoms with Crippen LogP contribution in [-0.4, -0.2) is 23.4 Å². The van der Waals surface area contributed by atoms with Gasteiger partial charge in [0.2, 0.25) is 0 Å². The monoisotopic (exact) mass is 274 g/mol. The Bertz CT molecular complexity index is 660. The summed E-state index contributed by atoms with van der Waals surface area (Å²) < 4.78 is 6.62. The van der Waals surface area contributed by atoms with Crippen molar-refractivity contribution in [3.05, 3.63) is 46.4 Å². The van der Waals surface area contributed by atoms with Crippen LogP contribution in [-0.2, 0) is 6.54 Å². The highest BCUT2D eigenvalue weighted by Gasteiger charge is 2.11. The number of hydrogen-bond acceptors (Lipinski definition) is 4. The van der Waals surface area contributed by atoms with Gasteiger partial charge in [-0.25, -0.2) is 0 Å². The number of nitrogen functional groups attached to an aromatic ring is 1. The normalized spacial score (nSPS) is 10.6. The Morgan fingerprint density at radius 1 is 1.30 bits per heavy atom. The Morgan fingerprint density at radius 3 is 2.50 bits per heavy atom. The Kier molecular flexibility index (Phi) is 4.10. The van der Waals surface area contributed by atoms with Gasteiger partial charge in [0.25, 0.3) is 5.56 Å². The maximum Gasteiger partial charge on any atom is 0.273 e. The van der Waals surface area contributed by atoms with E-state index in [1.54, 1.807) is 13.2 Å². The number of nitrogens with two attached hydrogens (primary N) is 1. The number of hydrogen-bond donors (Lipinski definition) is 2. The highest BCUT2D eigenvalue weighted by Crippen LogP contribution is 2.26. The quantitative estimate of drug-likeness (QED) is 0.883. The summed E-state index contributed by atoms with van der Waals surface area (Å²) in [5.41, 5.74) is 8.28. The zero-order valence-corrected chi connectivity index (χ0v) is 11.6. The number of pyridine rings is 1. The molecule has 5 heteroatoms. The molecule has 0 radical (unpaired) electrons. The van der Waals surface area contributed by atoms with Crippen molar-refractivity contribution in [3.8, 4) is 16.9 Å². The van der Waals surface area contributed by atoms with Crippen LogP contribution in [0, 0.1) is 6.92 Å². The lowest BCUT2D eigenvalue weighted by Gasteiger charge is -2.15. The SMILES string of the molecule is COc1ccc(-c2cc(N)c(=O)n(CCO)c2C)cc1. The number of rotatable bonds is 4. The van der Waals surface area contributed by atoms with E-state index in [1.807, 2.05) is 31.2 Å². The smallest absolute Gasteiger partial charge is 0.273 e. The van der Waals surface area contributed by atoms with Crippen LogP contribution in [0.2, 0.25) is 0 Å². The molecule has 5 nitrogen and oxygen atoms in total. The van der Waals surface area contributed by atoms with E-state index >= 15 is 0 Å². The molecule has 0 saturated carbocycles. The molecule has 20 heavy (non-hydrogen) atoms. The van der Waals surface area contributed by atoms with E-state index < -0.39 is 0 Å². The first kappa shape index (κ1) is 14.1. The molecule has 0 saturated heterocycles. The number of aliphatic hydroxyl groups excluding tert-OH is 1. The van der Waals surface area contributed by atoms with E-state index in [0.717, 1.165) is 22.6 Å². The number of benzene rings is 1. The van der Waals surface area contributed by atoms with E-state index in [-0.39, 0.29) is 24.4 Å². The van der Waals surface area contributed by atoms with Crippen LogP contribution >= 0.6 is 0 Å². The largest absolute Gasteiger partial charge is 0.497 e. The molecule has 0 spiro atoms. The molecular weight excluding hydrogens is 256 g/mol. The third-order valence-electron chi connectivity index (χ3n) is 3.31. The van der Waals surface area contributed by atoms with Crippen LogP contribution in [0.3, 0.4) is 0 Å². The summed E-state index contributed by atoms with van der Waals surface area (Å²) in [7, 11) is 1.61. The van der Waals surface area contributed by atoms with Gasteiger partial charge in [0.05, 0.1) is 19.4 Å². The molecule has 1 aromatic carbocycles. The summed E-state index contributed by atoms with van der Waals surface area (Å²) in [6, 6.07) is 9.20. The second-order valence-electron chi connectivity index (χ2n) is 4.51. The molecular formula is C15H18N2O3. The summed E-state index contributed by atoms with van der Waals surface area (Å²) >= 11 is 0. The zero-order chi connectivity index (χ0) is 14.7. The number of anilines is 1. The van der Waals surface area contributed by atoms with Gasteiger partial charge in [0.1, 0.15) is 5.75 Å². The minimum absolute atomic E-state index is 0.105. The van der Waals surface area contributed by atoms with Crippen molar-refractivity contribution < 1.29 is 9.84 Å². The van der Waals surface area contributed by atoms with Crippen LogP contribution in [0.15, 0.2) is 35.1 Å². The topological polar surface area (TPSA) is 77.5 Å². The fourth-order valence-corrected chi connectivity index (χ4v) is 2.21. The molecule has 106 valence electrons. The first-order valence-corrected chi connectivity index (χ1v) is 6.33. The number of methoxy groups -OCH3 is 1. The predicted molar refractivity (Wildman–Crippen MR) is 78.9 cm³/mol. The molecule has 2 aromatic rings. The Labute approximate surface area is 117 Å².